The lowest BCUT2D eigenvalue weighted by molar-refractivity contribution is 0.170. The predicted octanol–water partition coefficient (Wildman–Crippen LogP) is 3.83. The summed E-state index contributed by atoms with van der Waals surface area (Å²) in [5.41, 5.74) is 2.40. The van der Waals surface area contributed by atoms with Crippen molar-refractivity contribution < 1.29 is 14.3 Å². The number of benzene rings is 2. The van der Waals surface area contributed by atoms with Crippen molar-refractivity contribution in [3.63, 3.8) is 0 Å². The number of hydrogen-bond acceptors (Lipinski definition) is 4. The zero-order valence-electron chi connectivity index (χ0n) is 17.3. The number of para-hydroxylation sites is 1. The molecule has 0 spiro atoms. The number of anilines is 1. The Morgan fingerprint density at radius 1 is 1.00 bits per heavy atom. The molecule has 2 aromatic rings. The molecule has 0 aromatic heterocycles. The molecule has 5 rings (SSSR count). The summed E-state index contributed by atoms with van der Waals surface area (Å²) in [6.07, 6.45) is 3.12. The van der Waals surface area contributed by atoms with E-state index in [1.54, 1.807) is 0 Å². The Balaban J connectivity index is 1.18. The van der Waals surface area contributed by atoms with E-state index < -0.39 is 0 Å². The van der Waals surface area contributed by atoms with Gasteiger partial charge < -0.3 is 24.6 Å². The molecule has 0 saturated carbocycles. The number of likely N-dealkylation sites (tertiary alicyclic amines) is 1. The first kappa shape index (κ1) is 19.1. The number of rotatable bonds is 4. The van der Waals surface area contributed by atoms with Crippen LogP contribution in [0.3, 0.4) is 0 Å². The van der Waals surface area contributed by atoms with E-state index in [0.717, 1.165) is 62.5 Å². The summed E-state index contributed by atoms with van der Waals surface area (Å²) < 4.78 is 11.4. The standard InChI is InChI=1S/C24H29N3O3/c28-24(25-16-18-10-12-26(17-18)20-5-2-1-3-6-20)27-11-4-7-21(27)19-8-9-22-23(15-19)30-14-13-29-22/h1-3,5-6,8-9,15,18,21H,4,7,10-14,16-17H2,(H,25,28). The fourth-order valence-corrected chi connectivity index (χ4v) is 4.83. The van der Waals surface area contributed by atoms with E-state index in [4.69, 9.17) is 9.47 Å². The smallest absolute Gasteiger partial charge is 0.317 e. The van der Waals surface area contributed by atoms with E-state index in [2.05, 4.69) is 40.5 Å². The summed E-state index contributed by atoms with van der Waals surface area (Å²) in [5.74, 6) is 2.07. The maximum absolute atomic E-state index is 13.0. The summed E-state index contributed by atoms with van der Waals surface area (Å²) in [6.45, 7) is 4.74. The van der Waals surface area contributed by atoms with Gasteiger partial charge in [-0.15, -0.1) is 0 Å². The SMILES string of the molecule is O=C(NCC1CCN(c2ccccc2)C1)N1CCCC1c1ccc2c(c1)OCCO2. The monoisotopic (exact) mass is 407 g/mol. The van der Waals surface area contributed by atoms with E-state index in [0.29, 0.717) is 19.1 Å². The van der Waals surface area contributed by atoms with Crippen LogP contribution in [-0.4, -0.2) is 50.3 Å². The van der Waals surface area contributed by atoms with Crippen molar-refractivity contribution in [3.05, 3.63) is 54.1 Å². The summed E-state index contributed by atoms with van der Waals surface area (Å²) in [5, 5.41) is 3.21. The summed E-state index contributed by atoms with van der Waals surface area (Å²) in [6, 6.07) is 16.7. The minimum Gasteiger partial charge on any atom is -0.486 e. The zero-order chi connectivity index (χ0) is 20.3. The first-order valence-corrected chi connectivity index (χ1v) is 11.0. The number of nitrogens with zero attached hydrogens (tertiary/aromatic N) is 2. The molecule has 2 saturated heterocycles. The number of urea groups is 1. The molecule has 2 atom stereocenters. The van der Waals surface area contributed by atoms with Crippen molar-refractivity contribution in [1.29, 1.82) is 0 Å². The van der Waals surface area contributed by atoms with Crippen molar-refractivity contribution >= 4 is 11.7 Å². The number of fused-ring (bicyclic) bond motifs is 1. The van der Waals surface area contributed by atoms with Crippen LogP contribution >= 0.6 is 0 Å². The Morgan fingerprint density at radius 2 is 1.83 bits per heavy atom. The molecule has 6 heteroatoms. The van der Waals surface area contributed by atoms with Crippen LogP contribution in [0.4, 0.5) is 10.5 Å². The molecule has 2 aromatic carbocycles. The maximum atomic E-state index is 13.0. The number of carbonyl (C=O) groups is 1. The molecular weight excluding hydrogens is 378 g/mol. The average Bonchev–Trinajstić information content (AvgIpc) is 3.48. The zero-order valence-corrected chi connectivity index (χ0v) is 17.3. The van der Waals surface area contributed by atoms with Gasteiger partial charge in [-0.05, 0) is 55.0 Å². The van der Waals surface area contributed by atoms with E-state index in [1.165, 1.54) is 5.69 Å². The molecule has 0 radical (unpaired) electrons. The predicted molar refractivity (Wildman–Crippen MR) is 116 cm³/mol. The lowest BCUT2D eigenvalue weighted by atomic mass is 10.0. The Morgan fingerprint density at radius 3 is 2.70 bits per heavy atom. The molecule has 2 amide bonds. The molecular formula is C24H29N3O3. The van der Waals surface area contributed by atoms with Gasteiger partial charge in [0.25, 0.3) is 0 Å². The van der Waals surface area contributed by atoms with Gasteiger partial charge in [0, 0.05) is 31.9 Å². The van der Waals surface area contributed by atoms with Gasteiger partial charge in [-0.3, -0.25) is 0 Å². The average molecular weight is 408 g/mol. The van der Waals surface area contributed by atoms with Gasteiger partial charge in [0.05, 0.1) is 6.04 Å². The van der Waals surface area contributed by atoms with Crippen LogP contribution in [0.2, 0.25) is 0 Å². The molecule has 3 aliphatic heterocycles. The van der Waals surface area contributed by atoms with Crippen molar-refractivity contribution in [2.24, 2.45) is 5.92 Å². The molecule has 3 aliphatic rings. The minimum absolute atomic E-state index is 0.0468. The van der Waals surface area contributed by atoms with Gasteiger partial charge >= 0.3 is 6.03 Å². The number of carbonyl (C=O) groups excluding carboxylic acids is 1. The molecule has 0 aliphatic carbocycles. The molecule has 2 unspecified atom stereocenters. The molecule has 30 heavy (non-hydrogen) atoms. The lowest BCUT2D eigenvalue weighted by Gasteiger charge is -2.27. The molecule has 2 fully saturated rings. The Bertz CT molecular complexity index is 889. The van der Waals surface area contributed by atoms with Gasteiger partial charge in [0.2, 0.25) is 0 Å². The number of hydrogen-bond donors (Lipinski definition) is 1. The number of nitrogens with one attached hydrogen (secondary N) is 1. The van der Waals surface area contributed by atoms with Crippen LogP contribution in [0.1, 0.15) is 30.9 Å². The first-order chi connectivity index (χ1) is 14.8. The van der Waals surface area contributed by atoms with Crippen molar-refractivity contribution in [2.45, 2.75) is 25.3 Å². The second kappa shape index (κ2) is 8.46. The van der Waals surface area contributed by atoms with Gasteiger partial charge in [0.1, 0.15) is 13.2 Å². The largest absolute Gasteiger partial charge is 0.486 e. The molecule has 3 heterocycles. The van der Waals surface area contributed by atoms with E-state index >= 15 is 0 Å². The third-order valence-electron chi connectivity index (χ3n) is 6.41. The van der Waals surface area contributed by atoms with E-state index in [-0.39, 0.29) is 12.1 Å². The van der Waals surface area contributed by atoms with Crippen LogP contribution < -0.4 is 19.7 Å². The van der Waals surface area contributed by atoms with Crippen molar-refractivity contribution in [3.8, 4) is 11.5 Å². The molecule has 158 valence electrons. The van der Waals surface area contributed by atoms with Crippen LogP contribution in [-0.2, 0) is 0 Å². The Kier molecular flexibility index (Phi) is 5.39. The van der Waals surface area contributed by atoms with Crippen LogP contribution in [0.25, 0.3) is 0 Å². The topological polar surface area (TPSA) is 54.0 Å². The fourth-order valence-electron chi connectivity index (χ4n) is 4.83. The second-order valence-electron chi connectivity index (χ2n) is 8.38. The molecule has 1 N–H and O–H groups in total. The van der Waals surface area contributed by atoms with Gasteiger partial charge in [-0.1, -0.05) is 24.3 Å². The second-order valence-corrected chi connectivity index (χ2v) is 8.38. The third kappa shape index (κ3) is 3.91. The van der Waals surface area contributed by atoms with Crippen LogP contribution in [0, 0.1) is 5.92 Å². The third-order valence-corrected chi connectivity index (χ3v) is 6.41. The highest BCUT2D eigenvalue weighted by atomic mass is 16.6. The normalized spacial score (nSPS) is 22.9. The van der Waals surface area contributed by atoms with Gasteiger partial charge in [-0.2, -0.15) is 0 Å². The highest BCUT2D eigenvalue weighted by molar-refractivity contribution is 5.75. The lowest BCUT2D eigenvalue weighted by Crippen LogP contribution is -2.41. The highest BCUT2D eigenvalue weighted by Crippen LogP contribution is 2.38. The Hall–Kier alpha value is -2.89. The maximum Gasteiger partial charge on any atom is 0.317 e. The summed E-state index contributed by atoms with van der Waals surface area (Å²) >= 11 is 0. The number of amides is 2. The van der Waals surface area contributed by atoms with E-state index in [9.17, 15) is 4.79 Å². The number of ether oxygens (including phenoxy) is 2. The molecule has 0 bridgehead atoms. The van der Waals surface area contributed by atoms with Crippen molar-refractivity contribution in [1.82, 2.24) is 10.2 Å². The highest BCUT2D eigenvalue weighted by Gasteiger charge is 2.32. The van der Waals surface area contributed by atoms with Crippen LogP contribution in [0.5, 0.6) is 11.5 Å². The van der Waals surface area contributed by atoms with Gasteiger partial charge in [-0.25, -0.2) is 4.79 Å². The quantitative estimate of drug-likeness (QED) is 0.837. The van der Waals surface area contributed by atoms with E-state index in [1.807, 2.05) is 23.1 Å². The van der Waals surface area contributed by atoms with Gasteiger partial charge in [0.15, 0.2) is 11.5 Å². The fraction of sp³-hybridized carbons (Fsp3) is 0.458. The summed E-state index contributed by atoms with van der Waals surface area (Å²) in [4.78, 5) is 17.4. The Labute approximate surface area is 177 Å². The minimum atomic E-state index is 0.0468. The molecule has 6 nitrogen and oxygen atoms in total. The van der Waals surface area contributed by atoms with Crippen molar-refractivity contribution in [2.75, 3.05) is 44.3 Å². The van der Waals surface area contributed by atoms with Crippen LogP contribution in [0.15, 0.2) is 48.5 Å². The first-order valence-electron chi connectivity index (χ1n) is 11.0. The summed E-state index contributed by atoms with van der Waals surface area (Å²) in [7, 11) is 0.